The Kier molecular flexibility index (Phi) is 9.30. The van der Waals surface area contributed by atoms with Gasteiger partial charge in [-0.2, -0.15) is 0 Å². The SMILES string of the molecule is C/C=C/C=C(/Cc1cc(Cl)ccc1OCc1ccc(F)cc1)Nc1cccc(C(=O)OCC)c1. The molecular formula is C28H27ClFNO3. The molecule has 0 aliphatic rings. The summed E-state index contributed by atoms with van der Waals surface area (Å²) in [6.45, 7) is 4.33. The number of rotatable bonds is 10. The van der Waals surface area contributed by atoms with Gasteiger partial charge >= 0.3 is 5.97 Å². The molecule has 0 aliphatic carbocycles. The zero-order valence-corrected chi connectivity index (χ0v) is 19.9. The standard InChI is InChI=1S/C28H27ClFNO3/c1-3-5-8-25(31-26-9-6-7-21(17-26)28(32)33-4-2)18-22-16-23(29)12-15-27(22)34-19-20-10-13-24(30)14-11-20/h3,5-17,31H,4,18-19H2,1-2H3/b5-3+,25-8-. The Morgan fingerprint density at radius 3 is 2.62 bits per heavy atom. The van der Waals surface area contributed by atoms with E-state index in [1.54, 1.807) is 43.3 Å². The van der Waals surface area contributed by atoms with E-state index in [9.17, 15) is 9.18 Å². The maximum Gasteiger partial charge on any atom is 0.338 e. The van der Waals surface area contributed by atoms with E-state index in [0.29, 0.717) is 36.0 Å². The van der Waals surface area contributed by atoms with Crippen LogP contribution in [-0.2, 0) is 17.8 Å². The van der Waals surface area contributed by atoms with Crippen molar-refractivity contribution in [3.05, 3.63) is 118 Å². The average molecular weight is 480 g/mol. The van der Waals surface area contributed by atoms with Gasteiger partial charge in [0.1, 0.15) is 18.2 Å². The lowest BCUT2D eigenvalue weighted by molar-refractivity contribution is 0.0526. The van der Waals surface area contributed by atoms with Crippen LogP contribution >= 0.6 is 11.6 Å². The van der Waals surface area contributed by atoms with Gasteiger partial charge in [0.15, 0.2) is 0 Å². The van der Waals surface area contributed by atoms with E-state index >= 15 is 0 Å². The second kappa shape index (κ2) is 12.6. The Labute approximate surface area is 204 Å². The number of benzene rings is 3. The highest BCUT2D eigenvalue weighted by atomic mass is 35.5. The van der Waals surface area contributed by atoms with E-state index in [1.807, 2.05) is 43.4 Å². The molecular weight excluding hydrogens is 453 g/mol. The fraction of sp³-hybridized carbons (Fsp3) is 0.179. The van der Waals surface area contributed by atoms with Gasteiger partial charge in [0.2, 0.25) is 0 Å². The molecule has 3 aromatic carbocycles. The zero-order chi connectivity index (χ0) is 24.3. The maximum absolute atomic E-state index is 13.2. The number of halogens is 2. The topological polar surface area (TPSA) is 47.6 Å². The number of nitrogens with one attached hydrogen (secondary N) is 1. The van der Waals surface area contributed by atoms with Crippen LogP contribution in [0.5, 0.6) is 5.75 Å². The summed E-state index contributed by atoms with van der Waals surface area (Å²) in [6, 6.07) is 18.8. The van der Waals surface area contributed by atoms with Gasteiger partial charge in [-0.1, -0.05) is 42.0 Å². The third-order valence-electron chi connectivity index (χ3n) is 4.88. The fourth-order valence-electron chi connectivity index (χ4n) is 3.25. The summed E-state index contributed by atoms with van der Waals surface area (Å²) in [5.74, 6) is 0.0337. The predicted octanol–water partition coefficient (Wildman–Crippen LogP) is 7.35. The molecule has 1 N–H and O–H groups in total. The highest BCUT2D eigenvalue weighted by Gasteiger charge is 2.11. The number of carbonyl (C=O) groups excluding carboxylic acids is 1. The van der Waals surface area contributed by atoms with Gasteiger partial charge in [0.25, 0.3) is 0 Å². The van der Waals surface area contributed by atoms with Crippen LogP contribution in [0.15, 0.2) is 90.7 Å². The highest BCUT2D eigenvalue weighted by Crippen LogP contribution is 2.27. The molecule has 0 radical (unpaired) electrons. The smallest absolute Gasteiger partial charge is 0.338 e. The first-order chi connectivity index (χ1) is 16.5. The maximum atomic E-state index is 13.2. The first-order valence-electron chi connectivity index (χ1n) is 11.0. The molecule has 0 spiro atoms. The summed E-state index contributed by atoms with van der Waals surface area (Å²) in [7, 11) is 0. The van der Waals surface area contributed by atoms with Gasteiger partial charge in [-0.05, 0) is 74.0 Å². The number of esters is 1. The van der Waals surface area contributed by atoms with E-state index in [0.717, 1.165) is 22.5 Å². The van der Waals surface area contributed by atoms with Crippen molar-refractivity contribution >= 4 is 23.3 Å². The molecule has 4 nitrogen and oxygen atoms in total. The van der Waals surface area contributed by atoms with Crippen molar-refractivity contribution in [1.82, 2.24) is 0 Å². The Bertz CT molecular complexity index is 1170. The van der Waals surface area contributed by atoms with Crippen LogP contribution in [0.4, 0.5) is 10.1 Å². The van der Waals surface area contributed by atoms with Crippen LogP contribution in [0, 0.1) is 5.82 Å². The zero-order valence-electron chi connectivity index (χ0n) is 19.2. The normalized spacial score (nSPS) is 11.5. The molecule has 0 aromatic heterocycles. The first kappa shape index (κ1) is 25.1. The van der Waals surface area contributed by atoms with Gasteiger partial charge in [-0.15, -0.1) is 0 Å². The third-order valence-corrected chi connectivity index (χ3v) is 5.11. The van der Waals surface area contributed by atoms with Gasteiger partial charge in [0, 0.05) is 28.4 Å². The molecule has 0 aliphatic heterocycles. The van der Waals surface area contributed by atoms with Crippen LogP contribution in [-0.4, -0.2) is 12.6 Å². The van der Waals surface area contributed by atoms with Gasteiger partial charge in [-0.25, -0.2) is 9.18 Å². The number of anilines is 1. The minimum atomic E-state index is -0.364. The molecule has 0 saturated heterocycles. The molecule has 0 bridgehead atoms. The third kappa shape index (κ3) is 7.49. The summed E-state index contributed by atoms with van der Waals surface area (Å²) >= 11 is 6.28. The van der Waals surface area contributed by atoms with Crippen molar-refractivity contribution in [3.8, 4) is 5.75 Å². The van der Waals surface area contributed by atoms with Crippen molar-refractivity contribution < 1.29 is 18.7 Å². The van der Waals surface area contributed by atoms with Gasteiger partial charge in [-0.3, -0.25) is 0 Å². The lowest BCUT2D eigenvalue weighted by Crippen LogP contribution is -2.08. The summed E-state index contributed by atoms with van der Waals surface area (Å²) in [4.78, 5) is 12.1. The molecule has 3 rings (SSSR count). The van der Waals surface area contributed by atoms with Crippen LogP contribution in [0.1, 0.15) is 35.3 Å². The van der Waals surface area contributed by atoms with E-state index in [1.165, 1.54) is 12.1 Å². The summed E-state index contributed by atoms with van der Waals surface area (Å²) in [5, 5.41) is 3.98. The monoisotopic (exact) mass is 479 g/mol. The average Bonchev–Trinajstić information content (AvgIpc) is 2.83. The van der Waals surface area contributed by atoms with E-state index in [2.05, 4.69) is 5.32 Å². The van der Waals surface area contributed by atoms with E-state index < -0.39 is 0 Å². The number of hydrogen-bond donors (Lipinski definition) is 1. The van der Waals surface area contributed by atoms with Crippen molar-refractivity contribution in [1.29, 1.82) is 0 Å². The van der Waals surface area contributed by atoms with Gasteiger partial charge < -0.3 is 14.8 Å². The molecule has 0 fully saturated rings. The van der Waals surface area contributed by atoms with Gasteiger partial charge in [0.05, 0.1) is 12.2 Å². The Morgan fingerprint density at radius 2 is 1.88 bits per heavy atom. The largest absolute Gasteiger partial charge is 0.489 e. The fourth-order valence-corrected chi connectivity index (χ4v) is 3.45. The summed E-state index contributed by atoms with van der Waals surface area (Å²) in [5.41, 5.74) is 3.87. The second-order valence-corrected chi connectivity index (χ2v) is 7.92. The van der Waals surface area contributed by atoms with E-state index in [-0.39, 0.29) is 11.8 Å². The van der Waals surface area contributed by atoms with Crippen LogP contribution in [0.25, 0.3) is 0 Å². The molecule has 0 unspecified atom stereocenters. The van der Waals surface area contributed by atoms with Crippen molar-refractivity contribution in [2.24, 2.45) is 0 Å². The van der Waals surface area contributed by atoms with Crippen LogP contribution in [0.3, 0.4) is 0 Å². The molecule has 0 heterocycles. The number of carbonyl (C=O) groups is 1. The Morgan fingerprint density at radius 1 is 1.09 bits per heavy atom. The minimum Gasteiger partial charge on any atom is -0.489 e. The second-order valence-electron chi connectivity index (χ2n) is 7.49. The molecule has 6 heteroatoms. The van der Waals surface area contributed by atoms with Crippen molar-refractivity contribution in [2.75, 3.05) is 11.9 Å². The van der Waals surface area contributed by atoms with Crippen LogP contribution < -0.4 is 10.1 Å². The molecule has 0 atom stereocenters. The van der Waals surface area contributed by atoms with Crippen molar-refractivity contribution in [2.45, 2.75) is 26.9 Å². The lowest BCUT2D eigenvalue weighted by atomic mass is 10.1. The quantitative estimate of drug-likeness (QED) is 0.244. The first-order valence-corrected chi connectivity index (χ1v) is 11.4. The summed E-state index contributed by atoms with van der Waals surface area (Å²) < 4.78 is 24.3. The lowest BCUT2D eigenvalue weighted by Gasteiger charge is -2.16. The number of allylic oxidation sites excluding steroid dienone is 4. The molecule has 34 heavy (non-hydrogen) atoms. The van der Waals surface area contributed by atoms with Crippen molar-refractivity contribution in [3.63, 3.8) is 0 Å². The Hall–Kier alpha value is -3.57. The highest BCUT2D eigenvalue weighted by molar-refractivity contribution is 6.30. The Balaban J connectivity index is 1.81. The van der Waals surface area contributed by atoms with Crippen LogP contribution in [0.2, 0.25) is 5.02 Å². The molecule has 176 valence electrons. The minimum absolute atomic E-state index is 0.284. The predicted molar refractivity (Wildman–Crippen MR) is 135 cm³/mol. The molecule has 0 amide bonds. The molecule has 3 aromatic rings. The number of ether oxygens (including phenoxy) is 2. The summed E-state index contributed by atoms with van der Waals surface area (Å²) in [6.07, 6.45) is 6.33. The number of hydrogen-bond acceptors (Lipinski definition) is 4. The van der Waals surface area contributed by atoms with E-state index in [4.69, 9.17) is 21.1 Å². The molecule has 0 saturated carbocycles.